The molecule has 22 heavy (non-hydrogen) atoms. The third-order valence-corrected chi connectivity index (χ3v) is 7.03. The number of nitrogens with zero attached hydrogens (tertiary/aromatic N) is 2. The number of benzene rings is 1. The van der Waals surface area contributed by atoms with Crippen LogP contribution in [0.1, 0.15) is 55.9 Å². The van der Waals surface area contributed by atoms with E-state index in [1.165, 1.54) is 68.3 Å². The molecule has 1 saturated carbocycles. The highest BCUT2D eigenvalue weighted by Crippen LogP contribution is 2.39. The lowest BCUT2D eigenvalue weighted by atomic mass is 9.83. The number of hydrogen-bond donors (Lipinski definition) is 0. The van der Waals surface area contributed by atoms with Gasteiger partial charge in [-0.2, -0.15) is 4.57 Å². The molecule has 0 bridgehead atoms. The van der Waals surface area contributed by atoms with Crippen molar-refractivity contribution in [3.63, 3.8) is 0 Å². The molecule has 118 valence electrons. The Hall–Kier alpha value is -0.930. The predicted molar refractivity (Wildman–Crippen MR) is 93.4 cm³/mol. The molecule has 0 spiro atoms. The van der Waals surface area contributed by atoms with Gasteiger partial charge in [-0.05, 0) is 44.8 Å². The summed E-state index contributed by atoms with van der Waals surface area (Å²) in [6, 6.07) is 9.68. The van der Waals surface area contributed by atoms with Crippen LogP contribution in [0.15, 0.2) is 24.3 Å². The maximum atomic E-state index is 2.82. The zero-order valence-corrected chi connectivity index (χ0v) is 14.4. The molecular formula is C19H27N2S+. The van der Waals surface area contributed by atoms with E-state index in [1.807, 2.05) is 11.3 Å². The van der Waals surface area contributed by atoms with E-state index in [2.05, 4.69) is 40.8 Å². The van der Waals surface area contributed by atoms with Crippen LogP contribution in [0.3, 0.4) is 0 Å². The van der Waals surface area contributed by atoms with Gasteiger partial charge in [-0.25, -0.2) is 0 Å². The van der Waals surface area contributed by atoms with Gasteiger partial charge in [0.05, 0.1) is 5.92 Å². The second-order valence-electron chi connectivity index (χ2n) is 7.02. The summed E-state index contributed by atoms with van der Waals surface area (Å²) in [6.07, 6.45) is 9.85. The standard InChI is InChI=1S/C19H27N2S/c1-20-17-11-5-6-12-18(17)22-19(20)15-9-3-4-10-16(15)21-13-7-2-8-14-21/h5-6,11-12,15-16H,2-4,7-10,13-14H2,1H3/q+1. The molecule has 2 heterocycles. The molecule has 1 aromatic heterocycles. The maximum Gasteiger partial charge on any atom is 0.242 e. The molecule has 2 unspecified atom stereocenters. The van der Waals surface area contributed by atoms with E-state index in [0.717, 1.165) is 12.0 Å². The van der Waals surface area contributed by atoms with Crippen LogP contribution in [-0.2, 0) is 7.05 Å². The third-order valence-electron chi connectivity index (χ3n) is 5.68. The number of aryl methyl sites for hydroxylation is 1. The van der Waals surface area contributed by atoms with Crippen molar-refractivity contribution in [2.75, 3.05) is 13.1 Å². The minimum absolute atomic E-state index is 0.745. The molecule has 3 heteroatoms. The van der Waals surface area contributed by atoms with E-state index in [0.29, 0.717) is 0 Å². The van der Waals surface area contributed by atoms with E-state index in [9.17, 15) is 0 Å². The van der Waals surface area contributed by atoms with Gasteiger partial charge in [-0.15, -0.1) is 0 Å². The highest BCUT2D eigenvalue weighted by atomic mass is 32.1. The van der Waals surface area contributed by atoms with Crippen molar-refractivity contribution >= 4 is 21.6 Å². The van der Waals surface area contributed by atoms with E-state index in [4.69, 9.17) is 0 Å². The van der Waals surface area contributed by atoms with Crippen molar-refractivity contribution in [3.8, 4) is 0 Å². The van der Waals surface area contributed by atoms with E-state index < -0.39 is 0 Å². The molecule has 1 saturated heterocycles. The minimum atomic E-state index is 0.745. The fourth-order valence-electron chi connectivity index (χ4n) is 4.53. The highest BCUT2D eigenvalue weighted by Gasteiger charge is 2.37. The predicted octanol–water partition coefficient (Wildman–Crippen LogP) is 4.24. The van der Waals surface area contributed by atoms with E-state index >= 15 is 0 Å². The van der Waals surface area contributed by atoms with Gasteiger partial charge in [-0.1, -0.05) is 42.7 Å². The number of aromatic nitrogens is 1. The molecule has 2 fully saturated rings. The Morgan fingerprint density at radius 2 is 1.77 bits per heavy atom. The molecule has 2 aromatic rings. The lowest BCUT2D eigenvalue weighted by Gasteiger charge is -2.40. The summed E-state index contributed by atoms with van der Waals surface area (Å²) in [6.45, 7) is 2.66. The summed E-state index contributed by atoms with van der Waals surface area (Å²) in [5, 5.41) is 1.61. The monoisotopic (exact) mass is 315 g/mol. The number of thiazole rings is 1. The lowest BCUT2D eigenvalue weighted by Crippen LogP contribution is -2.46. The van der Waals surface area contributed by atoms with Gasteiger partial charge in [0.1, 0.15) is 11.7 Å². The molecule has 1 aliphatic carbocycles. The van der Waals surface area contributed by atoms with Crippen LogP contribution in [0, 0.1) is 0 Å². The van der Waals surface area contributed by atoms with Gasteiger partial charge >= 0.3 is 0 Å². The van der Waals surface area contributed by atoms with Crippen LogP contribution >= 0.6 is 11.3 Å². The van der Waals surface area contributed by atoms with Crippen molar-refractivity contribution in [2.45, 2.75) is 56.9 Å². The Bertz CT molecular complexity index is 642. The van der Waals surface area contributed by atoms with E-state index in [1.54, 1.807) is 5.01 Å². The molecule has 1 aliphatic heterocycles. The summed E-state index contributed by atoms with van der Waals surface area (Å²) < 4.78 is 3.93. The zero-order valence-electron chi connectivity index (χ0n) is 13.6. The van der Waals surface area contributed by atoms with Gasteiger partial charge in [0, 0.05) is 12.1 Å². The Morgan fingerprint density at radius 3 is 2.59 bits per heavy atom. The minimum Gasteiger partial charge on any atom is -0.300 e. The summed E-state index contributed by atoms with van der Waals surface area (Å²) in [7, 11) is 2.27. The van der Waals surface area contributed by atoms with Gasteiger partial charge in [0.15, 0.2) is 0 Å². The second kappa shape index (κ2) is 6.29. The van der Waals surface area contributed by atoms with Crippen LogP contribution in [0.2, 0.25) is 0 Å². The first-order valence-electron chi connectivity index (χ1n) is 8.96. The van der Waals surface area contributed by atoms with Crippen LogP contribution in [0.4, 0.5) is 0 Å². The maximum absolute atomic E-state index is 2.82. The first-order chi connectivity index (χ1) is 10.8. The first kappa shape index (κ1) is 14.6. The summed E-state index contributed by atoms with van der Waals surface area (Å²) in [4.78, 5) is 2.82. The lowest BCUT2D eigenvalue weighted by molar-refractivity contribution is -0.650. The van der Waals surface area contributed by atoms with Gasteiger partial charge in [0.25, 0.3) is 0 Å². The van der Waals surface area contributed by atoms with Crippen molar-refractivity contribution in [3.05, 3.63) is 29.3 Å². The van der Waals surface area contributed by atoms with Gasteiger partial charge in [-0.3, -0.25) is 4.90 Å². The molecule has 1 aromatic carbocycles. The number of piperidine rings is 1. The van der Waals surface area contributed by atoms with Crippen molar-refractivity contribution in [2.24, 2.45) is 7.05 Å². The number of rotatable bonds is 2. The molecule has 2 nitrogen and oxygen atoms in total. The molecule has 2 aliphatic rings. The number of likely N-dealkylation sites (tertiary alicyclic amines) is 1. The Labute approximate surface area is 137 Å². The molecule has 0 amide bonds. The van der Waals surface area contributed by atoms with Crippen LogP contribution in [0.5, 0.6) is 0 Å². The van der Waals surface area contributed by atoms with Crippen molar-refractivity contribution < 1.29 is 4.57 Å². The fourth-order valence-corrected chi connectivity index (χ4v) is 5.87. The topological polar surface area (TPSA) is 7.12 Å². The highest BCUT2D eigenvalue weighted by molar-refractivity contribution is 7.18. The molecule has 0 radical (unpaired) electrons. The Balaban J connectivity index is 1.69. The Kier molecular flexibility index (Phi) is 4.19. The van der Waals surface area contributed by atoms with Crippen molar-refractivity contribution in [1.82, 2.24) is 4.90 Å². The zero-order chi connectivity index (χ0) is 14.9. The molecule has 2 atom stereocenters. The van der Waals surface area contributed by atoms with Crippen molar-refractivity contribution in [1.29, 1.82) is 0 Å². The van der Waals surface area contributed by atoms with Crippen LogP contribution < -0.4 is 4.57 Å². The largest absolute Gasteiger partial charge is 0.300 e. The van der Waals surface area contributed by atoms with Crippen LogP contribution in [0.25, 0.3) is 10.2 Å². The average molecular weight is 316 g/mol. The summed E-state index contributed by atoms with van der Waals surface area (Å²) in [5.41, 5.74) is 1.41. The summed E-state index contributed by atoms with van der Waals surface area (Å²) in [5.74, 6) is 0.745. The second-order valence-corrected chi connectivity index (χ2v) is 8.08. The first-order valence-corrected chi connectivity index (χ1v) is 9.78. The van der Waals surface area contributed by atoms with Crippen LogP contribution in [-0.4, -0.2) is 24.0 Å². The summed E-state index contributed by atoms with van der Waals surface area (Å²) >= 11 is 2.03. The van der Waals surface area contributed by atoms with Gasteiger partial charge < -0.3 is 0 Å². The number of para-hydroxylation sites is 1. The third kappa shape index (κ3) is 2.59. The molecular weight excluding hydrogens is 288 g/mol. The van der Waals surface area contributed by atoms with Gasteiger partial charge in [0.2, 0.25) is 10.5 Å². The SMILES string of the molecule is C[n+]1c(C2CCCCC2N2CCCCC2)sc2ccccc21. The fraction of sp³-hybridized carbons (Fsp3) is 0.632. The Morgan fingerprint density at radius 1 is 1.00 bits per heavy atom. The molecule has 4 rings (SSSR count). The number of fused-ring (bicyclic) bond motifs is 1. The van der Waals surface area contributed by atoms with E-state index in [-0.39, 0.29) is 0 Å². The molecule has 0 N–H and O–H groups in total. The smallest absolute Gasteiger partial charge is 0.242 e. The normalized spacial score (nSPS) is 27.3. The average Bonchev–Trinajstić information content (AvgIpc) is 2.93. The quantitative estimate of drug-likeness (QED) is 0.752. The number of hydrogen-bond acceptors (Lipinski definition) is 2.